The van der Waals surface area contributed by atoms with Gasteiger partial charge in [0, 0.05) is 11.6 Å². The van der Waals surface area contributed by atoms with Gasteiger partial charge in [-0.1, -0.05) is 19.1 Å². The van der Waals surface area contributed by atoms with Crippen LogP contribution in [0.4, 0.5) is 14.5 Å². The van der Waals surface area contributed by atoms with Gasteiger partial charge in [-0.25, -0.2) is 8.78 Å². The highest BCUT2D eigenvalue weighted by Gasteiger charge is 2.48. The molecule has 1 amide bonds. The van der Waals surface area contributed by atoms with Crippen LogP contribution in [0, 0.1) is 11.6 Å². The van der Waals surface area contributed by atoms with Gasteiger partial charge in [0.15, 0.2) is 0 Å². The van der Waals surface area contributed by atoms with Gasteiger partial charge in [0.2, 0.25) is 0 Å². The molecule has 4 rings (SSSR count). The van der Waals surface area contributed by atoms with Crippen LogP contribution in [0.15, 0.2) is 72.3 Å². The van der Waals surface area contributed by atoms with Gasteiger partial charge in [-0.05, 0) is 60.5 Å². The number of nitrogens with zero attached hydrogens (tertiary/aromatic N) is 1. The summed E-state index contributed by atoms with van der Waals surface area (Å²) in [5.41, 5.74) is -0.321. The lowest BCUT2D eigenvalue weighted by atomic mass is 9.95. The average molecular weight is 465 g/mol. The highest BCUT2D eigenvalue weighted by molar-refractivity contribution is 6.51. The quantitative estimate of drug-likeness (QED) is 0.301. The minimum Gasteiger partial charge on any atom is -0.508 e. The molecule has 0 bridgehead atoms. The van der Waals surface area contributed by atoms with Crippen LogP contribution in [0.3, 0.4) is 0 Å². The van der Waals surface area contributed by atoms with Crippen molar-refractivity contribution < 1.29 is 33.3 Å². The predicted molar refractivity (Wildman–Crippen MR) is 121 cm³/mol. The standard InChI is InChI=1S/C26H21F2NO5/c1-2-12-34-19-9-6-15(7-10-19)24(31)22-23(16-4-3-5-18(30)13-16)29(26(33)25(22)32)21-14-17(27)8-11-20(21)28/h3-11,13-14,23,30-31H,2,12H2,1H3/b24-22+. The minimum absolute atomic E-state index is 0.166. The van der Waals surface area contributed by atoms with Crippen molar-refractivity contribution in [3.05, 3.63) is 95.1 Å². The largest absolute Gasteiger partial charge is 0.508 e. The number of ether oxygens (including phenoxy) is 1. The molecule has 0 saturated carbocycles. The first-order valence-corrected chi connectivity index (χ1v) is 10.6. The van der Waals surface area contributed by atoms with E-state index in [4.69, 9.17) is 4.74 Å². The zero-order chi connectivity index (χ0) is 24.4. The molecule has 1 aliphatic rings. The molecule has 6 nitrogen and oxygen atoms in total. The molecule has 1 aliphatic heterocycles. The summed E-state index contributed by atoms with van der Waals surface area (Å²) < 4.78 is 34.2. The van der Waals surface area contributed by atoms with Gasteiger partial charge in [-0.2, -0.15) is 0 Å². The van der Waals surface area contributed by atoms with E-state index in [0.29, 0.717) is 12.4 Å². The zero-order valence-corrected chi connectivity index (χ0v) is 18.2. The second-order valence-corrected chi connectivity index (χ2v) is 7.73. The van der Waals surface area contributed by atoms with Crippen molar-refractivity contribution in [2.24, 2.45) is 0 Å². The number of hydrogen-bond donors (Lipinski definition) is 2. The molecule has 1 saturated heterocycles. The Balaban J connectivity index is 1.89. The second kappa shape index (κ2) is 9.35. The summed E-state index contributed by atoms with van der Waals surface area (Å²) in [5.74, 6) is -4.04. The van der Waals surface area contributed by atoms with Crippen LogP contribution in [0.25, 0.3) is 5.76 Å². The van der Waals surface area contributed by atoms with Crippen LogP contribution in [0.2, 0.25) is 0 Å². The summed E-state index contributed by atoms with van der Waals surface area (Å²) >= 11 is 0. The number of hydrogen-bond acceptors (Lipinski definition) is 5. The van der Waals surface area contributed by atoms with Gasteiger partial charge in [0.05, 0.1) is 23.9 Å². The fourth-order valence-corrected chi connectivity index (χ4v) is 3.85. The molecular formula is C26H21F2NO5. The van der Waals surface area contributed by atoms with Gasteiger partial charge in [0.25, 0.3) is 11.7 Å². The van der Waals surface area contributed by atoms with Crippen LogP contribution in [0.5, 0.6) is 11.5 Å². The number of amides is 1. The van der Waals surface area contributed by atoms with E-state index in [2.05, 4.69) is 0 Å². The number of rotatable bonds is 6. The summed E-state index contributed by atoms with van der Waals surface area (Å²) in [6.45, 7) is 2.47. The summed E-state index contributed by atoms with van der Waals surface area (Å²) in [7, 11) is 0. The highest BCUT2D eigenvalue weighted by atomic mass is 19.1. The van der Waals surface area contributed by atoms with Crippen molar-refractivity contribution in [2.45, 2.75) is 19.4 Å². The average Bonchev–Trinajstić information content (AvgIpc) is 3.09. The number of carbonyl (C=O) groups excluding carboxylic acids is 2. The van der Waals surface area contributed by atoms with Crippen molar-refractivity contribution in [1.29, 1.82) is 0 Å². The zero-order valence-electron chi connectivity index (χ0n) is 18.2. The van der Waals surface area contributed by atoms with Crippen LogP contribution in [0.1, 0.15) is 30.5 Å². The van der Waals surface area contributed by atoms with Crippen molar-refractivity contribution in [3.8, 4) is 11.5 Å². The van der Waals surface area contributed by atoms with Gasteiger partial charge >= 0.3 is 0 Å². The third kappa shape index (κ3) is 4.22. The second-order valence-electron chi connectivity index (χ2n) is 7.73. The number of benzene rings is 3. The minimum atomic E-state index is -1.31. The molecule has 2 N–H and O–H groups in total. The number of phenols is 1. The summed E-state index contributed by atoms with van der Waals surface area (Å²) in [5, 5.41) is 21.1. The molecular weight excluding hydrogens is 444 g/mol. The normalized spacial score (nSPS) is 17.3. The number of aromatic hydroxyl groups is 1. The number of anilines is 1. The van der Waals surface area contributed by atoms with E-state index in [1.54, 1.807) is 12.1 Å². The van der Waals surface area contributed by atoms with E-state index >= 15 is 0 Å². The molecule has 0 aromatic heterocycles. The highest BCUT2D eigenvalue weighted by Crippen LogP contribution is 2.43. The number of phenolic OH excluding ortho intramolecular Hbond substituents is 1. The molecule has 1 atom stereocenters. The molecule has 1 fully saturated rings. The Labute approximate surface area is 194 Å². The molecule has 8 heteroatoms. The lowest BCUT2D eigenvalue weighted by molar-refractivity contribution is -0.132. The third-order valence-electron chi connectivity index (χ3n) is 5.40. The Morgan fingerprint density at radius 1 is 1.03 bits per heavy atom. The predicted octanol–water partition coefficient (Wildman–Crippen LogP) is 5.09. The Morgan fingerprint density at radius 2 is 1.76 bits per heavy atom. The lowest BCUT2D eigenvalue weighted by Crippen LogP contribution is -2.30. The number of aliphatic hydroxyl groups is 1. The van der Waals surface area contributed by atoms with Crippen LogP contribution < -0.4 is 9.64 Å². The molecule has 0 spiro atoms. The number of Topliss-reactive ketones (excluding diaryl/α,β-unsaturated/α-hetero) is 1. The SMILES string of the molecule is CCCOc1ccc(/C(O)=C2\C(=O)C(=O)N(c3cc(F)ccc3F)C2c2cccc(O)c2)cc1. The van der Waals surface area contributed by atoms with E-state index in [1.807, 2.05) is 6.92 Å². The Hall–Kier alpha value is -4.20. The Morgan fingerprint density at radius 3 is 2.44 bits per heavy atom. The van der Waals surface area contributed by atoms with Crippen molar-refractivity contribution in [1.82, 2.24) is 0 Å². The maximum absolute atomic E-state index is 14.7. The summed E-state index contributed by atoms with van der Waals surface area (Å²) in [6, 6.07) is 13.2. The number of carbonyl (C=O) groups is 2. The summed E-state index contributed by atoms with van der Waals surface area (Å²) in [4.78, 5) is 26.9. The molecule has 174 valence electrons. The molecule has 1 unspecified atom stereocenters. The van der Waals surface area contributed by atoms with Gasteiger partial charge in [-0.15, -0.1) is 0 Å². The van der Waals surface area contributed by atoms with E-state index < -0.39 is 40.8 Å². The van der Waals surface area contributed by atoms with Gasteiger partial charge < -0.3 is 14.9 Å². The maximum atomic E-state index is 14.7. The van der Waals surface area contributed by atoms with Gasteiger partial charge in [-0.3, -0.25) is 14.5 Å². The smallest absolute Gasteiger partial charge is 0.300 e. The third-order valence-corrected chi connectivity index (χ3v) is 5.40. The first-order chi connectivity index (χ1) is 16.3. The topological polar surface area (TPSA) is 87.1 Å². The first kappa shape index (κ1) is 23.0. The van der Waals surface area contributed by atoms with Gasteiger partial charge in [0.1, 0.15) is 28.9 Å². The number of halogens is 2. The van der Waals surface area contributed by atoms with E-state index in [0.717, 1.165) is 29.5 Å². The van der Waals surface area contributed by atoms with Crippen LogP contribution >= 0.6 is 0 Å². The van der Waals surface area contributed by atoms with Crippen LogP contribution in [-0.4, -0.2) is 28.5 Å². The molecule has 3 aromatic carbocycles. The Kier molecular flexibility index (Phi) is 6.32. The van der Waals surface area contributed by atoms with Crippen LogP contribution in [-0.2, 0) is 9.59 Å². The molecule has 1 heterocycles. The molecule has 3 aromatic rings. The van der Waals surface area contributed by atoms with E-state index in [-0.39, 0.29) is 22.4 Å². The maximum Gasteiger partial charge on any atom is 0.300 e. The monoisotopic (exact) mass is 465 g/mol. The van der Waals surface area contributed by atoms with Crippen molar-refractivity contribution in [2.75, 3.05) is 11.5 Å². The fourth-order valence-electron chi connectivity index (χ4n) is 3.85. The molecule has 34 heavy (non-hydrogen) atoms. The van der Waals surface area contributed by atoms with E-state index in [9.17, 15) is 28.6 Å². The fraction of sp³-hybridized carbons (Fsp3) is 0.154. The summed E-state index contributed by atoms with van der Waals surface area (Å²) in [6.07, 6.45) is 0.811. The molecule has 0 radical (unpaired) electrons. The number of aliphatic hydroxyl groups excluding tert-OH is 1. The first-order valence-electron chi connectivity index (χ1n) is 10.6. The van der Waals surface area contributed by atoms with E-state index in [1.165, 1.54) is 36.4 Å². The van der Waals surface area contributed by atoms with Crippen molar-refractivity contribution in [3.63, 3.8) is 0 Å². The Bertz CT molecular complexity index is 1290. The lowest BCUT2D eigenvalue weighted by Gasteiger charge is -2.26. The van der Waals surface area contributed by atoms with Crippen molar-refractivity contribution >= 4 is 23.1 Å². The molecule has 0 aliphatic carbocycles. The number of ketones is 1.